The molecular formula is C20H19N3OS. The Bertz CT molecular complexity index is 812. The van der Waals surface area contributed by atoms with Gasteiger partial charge in [-0.25, -0.2) is 4.68 Å². The largest absolute Gasteiger partial charge is 0.362 e. The van der Waals surface area contributed by atoms with E-state index in [9.17, 15) is 0 Å². The predicted octanol–water partition coefficient (Wildman–Crippen LogP) is 4.98. The molecule has 1 aromatic heterocycles. The maximum Gasteiger partial charge on any atom is 0.134 e. The molecule has 126 valence electrons. The second-order valence-corrected chi connectivity index (χ2v) is 6.49. The van der Waals surface area contributed by atoms with Crippen molar-refractivity contribution in [1.29, 1.82) is 5.26 Å². The highest BCUT2D eigenvalue weighted by Crippen LogP contribution is 2.37. The van der Waals surface area contributed by atoms with E-state index in [2.05, 4.69) is 23.3 Å². The monoisotopic (exact) mass is 349 g/mol. The summed E-state index contributed by atoms with van der Waals surface area (Å²) in [7, 11) is 0. The van der Waals surface area contributed by atoms with Gasteiger partial charge in [0.2, 0.25) is 0 Å². The average molecular weight is 349 g/mol. The van der Waals surface area contributed by atoms with Crippen LogP contribution in [0.4, 0.5) is 0 Å². The van der Waals surface area contributed by atoms with Crippen LogP contribution in [-0.4, -0.2) is 16.4 Å². The third-order valence-electron chi connectivity index (χ3n) is 3.61. The van der Waals surface area contributed by atoms with Crippen molar-refractivity contribution < 1.29 is 4.74 Å². The van der Waals surface area contributed by atoms with Crippen molar-refractivity contribution in [3.8, 4) is 11.8 Å². The first-order chi connectivity index (χ1) is 12.4. The minimum Gasteiger partial charge on any atom is -0.362 e. The summed E-state index contributed by atoms with van der Waals surface area (Å²) in [4.78, 5) is 0. The normalized spacial score (nSPS) is 11.8. The fraction of sp³-hybridized carbons (Fsp3) is 0.200. The van der Waals surface area contributed by atoms with Gasteiger partial charge in [0.1, 0.15) is 10.5 Å². The molecule has 1 atom stereocenters. The van der Waals surface area contributed by atoms with Crippen molar-refractivity contribution >= 4 is 11.8 Å². The summed E-state index contributed by atoms with van der Waals surface area (Å²) < 4.78 is 7.98. The van der Waals surface area contributed by atoms with Gasteiger partial charge < -0.3 is 4.74 Å². The highest BCUT2D eigenvalue weighted by molar-refractivity contribution is 7.99. The van der Waals surface area contributed by atoms with E-state index in [1.54, 1.807) is 18.0 Å². The summed E-state index contributed by atoms with van der Waals surface area (Å²) in [6, 6.07) is 24.3. The first-order valence-corrected chi connectivity index (χ1v) is 9.06. The molecule has 25 heavy (non-hydrogen) atoms. The quantitative estimate of drug-likeness (QED) is 0.327. The fourth-order valence-electron chi connectivity index (χ4n) is 2.40. The van der Waals surface area contributed by atoms with Crippen LogP contribution in [-0.2, 0) is 4.74 Å². The van der Waals surface area contributed by atoms with Crippen LogP contribution in [0.3, 0.4) is 0 Å². The molecule has 2 aromatic carbocycles. The second-order valence-electron chi connectivity index (χ2n) is 5.41. The van der Waals surface area contributed by atoms with Gasteiger partial charge in [-0.15, -0.1) is 0 Å². The SMILES string of the molecule is N#CCCCOC(Sc1ccnn1-c1ccccc1)c1ccccc1. The molecule has 0 saturated heterocycles. The minimum absolute atomic E-state index is 0.140. The van der Waals surface area contributed by atoms with E-state index in [0.717, 1.165) is 22.7 Å². The van der Waals surface area contributed by atoms with Crippen molar-refractivity contribution in [3.05, 3.63) is 78.5 Å². The van der Waals surface area contributed by atoms with Gasteiger partial charge >= 0.3 is 0 Å². The van der Waals surface area contributed by atoms with Crippen LogP contribution in [0.15, 0.2) is 78.0 Å². The molecule has 0 N–H and O–H groups in total. The molecule has 0 aliphatic rings. The van der Waals surface area contributed by atoms with Crippen LogP contribution in [0, 0.1) is 11.3 Å². The smallest absolute Gasteiger partial charge is 0.134 e. The van der Waals surface area contributed by atoms with Crippen molar-refractivity contribution in [2.24, 2.45) is 0 Å². The lowest BCUT2D eigenvalue weighted by atomic mass is 10.2. The zero-order valence-corrected chi connectivity index (χ0v) is 14.6. The maximum atomic E-state index is 8.70. The van der Waals surface area contributed by atoms with Gasteiger partial charge in [-0.05, 0) is 30.2 Å². The lowest BCUT2D eigenvalue weighted by Gasteiger charge is -2.18. The molecule has 0 saturated carbocycles. The van der Waals surface area contributed by atoms with E-state index in [1.807, 2.05) is 59.3 Å². The Morgan fingerprint density at radius 2 is 1.76 bits per heavy atom. The Morgan fingerprint density at radius 3 is 2.48 bits per heavy atom. The number of ether oxygens (including phenoxy) is 1. The number of para-hydroxylation sites is 1. The summed E-state index contributed by atoms with van der Waals surface area (Å²) in [5.41, 5.74) is 1.98. The van der Waals surface area contributed by atoms with Crippen LogP contribution in [0.2, 0.25) is 0 Å². The molecule has 0 spiro atoms. The van der Waals surface area contributed by atoms with E-state index in [0.29, 0.717) is 13.0 Å². The molecule has 0 fully saturated rings. The van der Waals surface area contributed by atoms with Gasteiger partial charge in [0, 0.05) is 13.0 Å². The van der Waals surface area contributed by atoms with Crippen molar-refractivity contribution in [2.45, 2.75) is 23.3 Å². The Morgan fingerprint density at radius 1 is 1.04 bits per heavy atom. The summed E-state index contributed by atoms with van der Waals surface area (Å²) in [5, 5.41) is 14.2. The van der Waals surface area contributed by atoms with Gasteiger partial charge in [-0.3, -0.25) is 0 Å². The predicted molar refractivity (Wildman–Crippen MR) is 99.4 cm³/mol. The van der Waals surface area contributed by atoms with Gasteiger partial charge in [-0.1, -0.05) is 60.3 Å². The molecule has 0 aliphatic heterocycles. The lowest BCUT2D eigenvalue weighted by Crippen LogP contribution is -2.05. The third kappa shape index (κ3) is 4.72. The molecule has 3 aromatic rings. The number of hydrogen-bond acceptors (Lipinski definition) is 4. The Hall–Kier alpha value is -2.55. The summed E-state index contributed by atoms with van der Waals surface area (Å²) in [5.74, 6) is 0. The summed E-state index contributed by atoms with van der Waals surface area (Å²) in [6.07, 6.45) is 3.04. The zero-order chi connectivity index (χ0) is 17.3. The average Bonchev–Trinajstić information content (AvgIpc) is 3.14. The van der Waals surface area contributed by atoms with E-state index >= 15 is 0 Å². The number of hydrogen-bond donors (Lipinski definition) is 0. The van der Waals surface area contributed by atoms with E-state index in [4.69, 9.17) is 10.00 Å². The van der Waals surface area contributed by atoms with Crippen LogP contribution in [0.1, 0.15) is 23.8 Å². The fourth-order valence-corrected chi connectivity index (χ4v) is 3.47. The lowest BCUT2D eigenvalue weighted by molar-refractivity contribution is 0.111. The Labute approximate surface area is 152 Å². The topological polar surface area (TPSA) is 50.8 Å². The number of unbranched alkanes of at least 4 members (excludes halogenated alkanes) is 1. The highest BCUT2D eigenvalue weighted by atomic mass is 32.2. The molecular weight excluding hydrogens is 330 g/mol. The first-order valence-electron chi connectivity index (χ1n) is 8.18. The molecule has 3 rings (SSSR count). The van der Waals surface area contributed by atoms with E-state index in [-0.39, 0.29) is 5.44 Å². The van der Waals surface area contributed by atoms with E-state index in [1.165, 1.54) is 0 Å². The highest BCUT2D eigenvalue weighted by Gasteiger charge is 2.17. The molecule has 0 amide bonds. The summed E-state index contributed by atoms with van der Waals surface area (Å²) >= 11 is 1.62. The van der Waals surface area contributed by atoms with Gasteiger partial charge in [0.05, 0.1) is 18.0 Å². The van der Waals surface area contributed by atoms with Crippen molar-refractivity contribution in [2.75, 3.05) is 6.61 Å². The number of nitrogens with zero attached hydrogens (tertiary/aromatic N) is 3. The zero-order valence-electron chi connectivity index (χ0n) is 13.8. The number of rotatable bonds is 8. The number of nitriles is 1. The Balaban J connectivity index is 1.79. The molecule has 4 nitrogen and oxygen atoms in total. The van der Waals surface area contributed by atoms with Gasteiger partial charge in [0.15, 0.2) is 0 Å². The van der Waals surface area contributed by atoms with Crippen LogP contribution in [0.25, 0.3) is 5.69 Å². The van der Waals surface area contributed by atoms with Crippen molar-refractivity contribution in [3.63, 3.8) is 0 Å². The molecule has 0 aliphatic carbocycles. The number of benzene rings is 2. The van der Waals surface area contributed by atoms with Gasteiger partial charge in [0.25, 0.3) is 0 Å². The molecule has 0 bridgehead atoms. The second kappa shape index (κ2) is 9.07. The molecule has 1 heterocycles. The van der Waals surface area contributed by atoms with E-state index < -0.39 is 0 Å². The van der Waals surface area contributed by atoms with Gasteiger partial charge in [-0.2, -0.15) is 10.4 Å². The standard InChI is InChI=1S/C20H19N3OS/c21-14-7-8-16-24-20(17-9-3-1-4-10-17)25-19-13-15-22-23(19)18-11-5-2-6-12-18/h1-6,9-13,15,20H,7-8,16H2. The Kier molecular flexibility index (Phi) is 6.27. The van der Waals surface area contributed by atoms with Crippen LogP contribution < -0.4 is 0 Å². The summed E-state index contributed by atoms with van der Waals surface area (Å²) in [6.45, 7) is 0.555. The maximum absolute atomic E-state index is 8.70. The minimum atomic E-state index is -0.140. The van der Waals surface area contributed by atoms with Crippen molar-refractivity contribution in [1.82, 2.24) is 9.78 Å². The number of aromatic nitrogens is 2. The third-order valence-corrected chi connectivity index (χ3v) is 4.78. The molecule has 5 heteroatoms. The van der Waals surface area contributed by atoms with Crippen LogP contribution in [0.5, 0.6) is 0 Å². The van der Waals surface area contributed by atoms with Crippen LogP contribution >= 0.6 is 11.8 Å². The number of thioether (sulfide) groups is 1. The molecule has 0 radical (unpaired) electrons. The first kappa shape index (κ1) is 17.3. The molecule has 1 unspecified atom stereocenters.